The van der Waals surface area contributed by atoms with Crippen molar-refractivity contribution in [3.63, 3.8) is 0 Å². The smallest absolute Gasteiger partial charge is 0.137 e. The minimum Gasteiger partial charge on any atom is -0.359 e. The molecule has 0 bridgehead atoms. The lowest BCUT2D eigenvalue weighted by molar-refractivity contribution is -0.00387. The third kappa shape index (κ3) is 1.06. The molecule has 86 valence electrons. The number of hydrogen-bond donors (Lipinski definition) is 0. The fourth-order valence-corrected chi connectivity index (χ4v) is 3.01. The van der Waals surface area contributed by atoms with Gasteiger partial charge in [0.2, 0.25) is 0 Å². The minimum absolute atomic E-state index is 0.198. The number of benzene rings is 1. The van der Waals surface area contributed by atoms with Gasteiger partial charge in [0.25, 0.3) is 0 Å². The molecule has 17 heavy (non-hydrogen) atoms. The highest BCUT2D eigenvalue weighted by Crippen LogP contribution is 2.47. The van der Waals surface area contributed by atoms with Crippen LogP contribution in [0.2, 0.25) is 0 Å². The molecule has 2 aliphatic heterocycles. The van der Waals surface area contributed by atoms with Crippen LogP contribution < -0.4 is 0 Å². The fraction of sp³-hybridized carbons (Fsp3) is 0.308. The van der Waals surface area contributed by atoms with Crippen LogP contribution in [0.1, 0.15) is 23.2 Å². The van der Waals surface area contributed by atoms with E-state index in [-0.39, 0.29) is 11.4 Å². The monoisotopic (exact) mass is 230 g/mol. The summed E-state index contributed by atoms with van der Waals surface area (Å²) in [6, 6.07) is 4.93. The van der Waals surface area contributed by atoms with Crippen molar-refractivity contribution in [2.75, 3.05) is 0 Å². The largest absolute Gasteiger partial charge is 0.359 e. The molecule has 0 aliphatic carbocycles. The van der Waals surface area contributed by atoms with Gasteiger partial charge in [-0.1, -0.05) is 6.07 Å². The molecule has 1 unspecified atom stereocenters. The number of nitrogens with zero attached hydrogens (tertiary/aromatic N) is 2. The topological polar surface area (TPSA) is 27.1 Å². The first-order chi connectivity index (χ1) is 8.29. The van der Waals surface area contributed by atoms with E-state index < -0.39 is 0 Å². The molecule has 0 fully saturated rings. The Morgan fingerprint density at radius 3 is 3.29 bits per heavy atom. The van der Waals surface area contributed by atoms with Crippen molar-refractivity contribution in [1.82, 2.24) is 9.55 Å². The summed E-state index contributed by atoms with van der Waals surface area (Å²) < 4.78 is 21.3. The average Bonchev–Trinajstić information content (AvgIpc) is 2.98. The molecule has 1 aromatic carbocycles. The van der Waals surface area contributed by atoms with Crippen LogP contribution in [0.25, 0.3) is 0 Å². The average molecular weight is 230 g/mol. The fourth-order valence-electron chi connectivity index (χ4n) is 3.01. The second-order valence-corrected chi connectivity index (χ2v) is 4.64. The molecule has 0 radical (unpaired) electrons. The molecular weight excluding hydrogens is 219 g/mol. The van der Waals surface area contributed by atoms with Crippen LogP contribution in [0, 0.1) is 5.82 Å². The Morgan fingerprint density at radius 1 is 1.41 bits per heavy atom. The van der Waals surface area contributed by atoms with Crippen molar-refractivity contribution in [3.8, 4) is 0 Å². The van der Waals surface area contributed by atoms with E-state index in [1.165, 1.54) is 6.07 Å². The molecule has 0 N–H and O–H groups in total. The van der Waals surface area contributed by atoms with Gasteiger partial charge in [0.05, 0.1) is 24.8 Å². The van der Waals surface area contributed by atoms with Crippen molar-refractivity contribution >= 4 is 0 Å². The van der Waals surface area contributed by atoms with E-state index in [1.54, 1.807) is 6.07 Å². The molecule has 4 rings (SSSR count). The van der Waals surface area contributed by atoms with Crippen LogP contribution in [0.15, 0.2) is 30.7 Å². The van der Waals surface area contributed by atoms with Gasteiger partial charge in [0, 0.05) is 13.0 Å². The summed E-state index contributed by atoms with van der Waals surface area (Å²) in [6.45, 7) is 1.39. The summed E-state index contributed by atoms with van der Waals surface area (Å²) in [5, 5.41) is 0. The Morgan fingerprint density at radius 2 is 2.35 bits per heavy atom. The molecule has 2 aliphatic rings. The summed E-state index contributed by atoms with van der Waals surface area (Å²) in [6.07, 6.45) is 4.59. The number of halogens is 1. The summed E-state index contributed by atoms with van der Waals surface area (Å²) in [5.74, 6) is -0.198. The maximum atomic E-state index is 13.2. The highest BCUT2D eigenvalue weighted by Gasteiger charge is 2.47. The molecule has 1 spiro atoms. The molecule has 0 amide bonds. The van der Waals surface area contributed by atoms with Gasteiger partial charge >= 0.3 is 0 Å². The number of fused-ring (bicyclic) bond motifs is 4. The minimum atomic E-state index is -0.389. The maximum Gasteiger partial charge on any atom is 0.137 e. The van der Waals surface area contributed by atoms with Gasteiger partial charge in [0.15, 0.2) is 0 Å². The number of rotatable bonds is 0. The van der Waals surface area contributed by atoms with Crippen molar-refractivity contribution in [3.05, 3.63) is 53.4 Å². The van der Waals surface area contributed by atoms with E-state index in [4.69, 9.17) is 4.74 Å². The highest BCUT2D eigenvalue weighted by atomic mass is 19.1. The molecule has 3 heterocycles. The van der Waals surface area contributed by atoms with E-state index in [1.807, 2.05) is 18.6 Å². The summed E-state index contributed by atoms with van der Waals surface area (Å²) in [4.78, 5) is 4.16. The van der Waals surface area contributed by atoms with E-state index in [0.29, 0.717) is 6.61 Å². The SMILES string of the molecule is Fc1ccc2c(c1)COC21CCn2cncc21. The van der Waals surface area contributed by atoms with Crippen molar-refractivity contribution in [1.29, 1.82) is 0 Å². The third-order valence-electron chi connectivity index (χ3n) is 3.81. The second-order valence-electron chi connectivity index (χ2n) is 4.64. The van der Waals surface area contributed by atoms with Crippen LogP contribution in [-0.2, 0) is 23.5 Å². The highest BCUT2D eigenvalue weighted by molar-refractivity contribution is 5.43. The zero-order valence-corrected chi connectivity index (χ0v) is 9.19. The van der Waals surface area contributed by atoms with Crippen molar-refractivity contribution in [2.24, 2.45) is 0 Å². The standard InChI is InChI=1S/C13H11FN2O/c14-10-1-2-11-9(5-10)7-17-13(11)3-4-16-8-15-6-12(13)16/h1-2,5-6,8H,3-4,7H2. The maximum absolute atomic E-state index is 13.2. The lowest BCUT2D eigenvalue weighted by Crippen LogP contribution is -2.23. The molecule has 4 heteroatoms. The summed E-state index contributed by atoms with van der Waals surface area (Å²) in [7, 11) is 0. The van der Waals surface area contributed by atoms with Gasteiger partial charge in [0.1, 0.15) is 11.4 Å². The lowest BCUT2D eigenvalue weighted by atomic mass is 9.89. The van der Waals surface area contributed by atoms with Crippen molar-refractivity contribution < 1.29 is 9.13 Å². The first kappa shape index (κ1) is 9.36. The van der Waals surface area contributed by atoms with Crippen LogP contribution in [0.3, 0.4) is 0 Å². The zero-order chi connectivity index (χ0) is 11.5. The Balaban J connectivity index is 1.95. The Bertz CT molecular complexity index is 607. The van der Waals surface area contributed by atoms with Gasteiger partial charge < -0.3 is 9.30 Å². The number of imidazole rings is 1. The Hall–Kier alpha value is -1.68. The number of aromatic nitrogens is 2. The van der Waals surface area contributed by atoms with Gasteiger partial charge in [-0.25, -0.2) is 9.37 Å². The van der Waals surface area contributed by atoms with Gasteiger partial charge in [-0.3, -0.25) is 0 Å². The molecule has 0 saturated carbocycles. The quantitative estimate of drug-likeness (QED) is 0.693. The lowest BCUT2D eigenvalue weighted by Gasteiger charge is -2.23. The van der Waals surface area contributed by atoms with Crippen LogP contribution in [0.5, 0.6) is 0 Å². The Labute approximate surface area is 97.9 Å². The normalized spacial score (nSPS) is 25.2. The van der Waals surface area contributed by atoms with E-state index in [9.17, 15) is 4.39 Å². The molecule has 2 aromatic rings. The number of ether oxygens (including phenoxy) is 1. The molecular formula is C13H11FN2O. The zero-order valence-electron chi connectivity index (χ0n) is 9.19. The van der Waals surface area contributed by atoms with Gasteiger partial charge in [-0.15, -0.1) is 0 Å². The second kappa shape index (κ2) is 2.96. The van der Waals surface area contributed by atoms with Gasteiger partial charge in [-0.2, -0.15) is 0 Å². The van der Waals surface area contributed by atoms with Crippen LogP contribution in [-0.4, -0.2) is 9.55 Å². The Kier molecular flexibility index (Phi) is 1.63. The predicted octanol–water partition coefficient (Wildman–Crippen LogP) is 2.20. The van der Waals surface area contributed by atoms with E-state index in [0.717, 1.165) is 29.8 Å². The van der Waals surface area contributed by atoms with Crippen LogP contribution in [0.4, 0.5) is 4.39 Å². The van der Waals surface area contributed by atoms with Crippen LogP contribution >= 0.6 is 0 Å². The summed E-state index contributed by atoms with van der Waals surface area (Å²) in [5.41, 5.74) is 2.75. The first-order valence-corrected chi connectivity index (χ1v) is 5.73. The van der Waals surface area contributed by atoms with E-state index in [2.05, 4.69) is 9.55 Å². The molecule has 1 atom stereocenters. The van der Waals surface area contributed by atoms with Crippen molar-refractivity contribution in [2.45, 2.75) is 25.2 Å². The summed E-state index contributed by atoms with van der Waals surface area (Å²) >= 11 is 0. The number of aryl methyl sites for hydroxylation is 1. The third-order valence-corrected chi connectivity index (χ3v) is 3.81. The first-order valence-electron chi connectivity index (χ1n) is 5.73. The number of hydrogen-bond acceptors (Lipinski definition) is 2. The molecule has 1 aromatic heterocycles. The predicted molar refractivity (Wildman–Crippen MR) is 58.8 cm³/mol. The van der Waals surface area contributed by atoms with E-state index >= 15 is 0 Å². The van der Waals surface area contributed by atoms with Gasteiger partial charge in [-0.05, 0) is 23.3 Å². The molecule has 3 nitrogen and oxygen atoms in total. The molecule has 0 saturated heterocycles.